The number of hydrogen-bond donors (Lipinski definition) is 2. The summed E-state index contributed by atoms with van der Waals surface area (Å²) in [7, 11) is 0. The highest BCUT2D eigenvalue weighted by Gasteiger charge is 2.36. The molecule has 4 rings (SSSR count). The van der Waals surface area contributed by atoms with Crippen molar-refractivity contribution in [3.05, 3.63) is 63.5 Å². The number of esters is 1. The lowest BCUT2D eigenvalue weighted by Gasteiger charge is -2.36. The molecule has 182 valence electrons. The number of rotatable bonds is 4. The highest BCUT2D eigenvalue weighted by molar-refractivity contribution is 7.10. The van der Waals surface area contributed by atoms with Gasteiger partial charge in [0.15, 0.2) is 6.10 Å². The van der Waals surface area contributed by atoms with Crippen LogP contribution >= 0.6 is 11.3 Å². The Hall–Kier alpha value is -3.52. The monoisotopic (exact) mass is 491 g/mol. The predicted octanol–water partition coefficient (Wildman–Crippen LogP) is 5.19. The number of primary amides is 1. The summed E-state index contributed by atoms with van der Waals surface area (Å²) >= 11 is 1.65. The maximum atomic E-state index is 13.5. The second-order valence-electron chi connectivity index (χ2n) is 9.89. The molecule has 0 saturated carbocycles. The summed E-state index contributed by atoms with van der Waals surface area (Å²) in [6, 6.07) is 10.5. The Balaban J connectivity index is 1.87. The van der Waals surface area contributed by atoms with Gasteiger partial charge in [-0.2, -0.15) is 0 Å². The van der Waals surface area contributed by atoms with Crippen molar-refractivity contribution in [3.8, 4) is 0 Å². The molecule has 0 saturated heterocycles. The Labute approximate surface area is 208 Å². The summed E-state index contributed by atoms with van der Waals surface area (Å²) < 4.78 is 5.53. The van der Waals surface area contributed by atoms with Gasteiger partial charge in [0.2, 0.25) is 0 Å². The minimum absolute atomic E-state index is 0.00624. The molecule has 3 amide bonds. The van der Waals surface area contributed by atoms with Crippen LogP contribution < -0.4 is 11.1 Å². The van der Waals surface area contributed by atoms with Crippen LogP contribution in [0, 0.1) is 11.3 Å². The Morgan fingerprint density at radius 1 is 1.17 bits per heavy atom. The summed E-state index contributed by atoms with van der Waals surface area (Å²) in [6.45, 7) is 8.02. The molecule has 35 heavy (non-hydrogen) atoms. The number of urea groups is 1. The van der Waals surface area contributed by atoms with Crippen LogP contribution in [0.5, 0.6) is 0 Å². The Kier molecular flexibility index (Phi) is 6.76. The number of nitrogens with zero attached hydrogens (tertiary/aromatic N) is 1. The van der Waals surface area contributed by atoms with Gasteiger partial charge in [0.25, 0.3) is 5.91 Å². The molecular formula is C27H29N3O4S. The Morgan fingerprint density at radius 3 is 2.57 bits per heavy atom. The van der Waals surface area contributed by atoms with Crippen molar-refractivity contribution in [1.29, 1.82) is 0 Å². The zero-order valence-corrected chi connectivity index (χ0v) is 21.1. The SMILES string of the molecule is C[C@H](OC(=O)c1c2c(nc3ccccc13)/C(=C/c1cccs1)C[C@@H](C(C)(C)C)C2)C(=O)NC(N)=O. The fourth-order valence-corrected chi connectivity index (χ4v) is 5.09. The second-order valence-corrected chi connectivity index (χ2v) is 10.9. The van der Waals surface area contributed by atoms with E-state index in [1.165, 1.54) is 6.92 Å². The average Bonchev–Trinajstić information content (AvgIpc) is 3.29. The van der Waals surface area contributed by atoms with Crippen LogP contribution in [0.4, 0.5) is 4.79 Å². The molecule has 7 nitrogen and oxygen atoms in total. The summed E-state index contributed by atoms with van der Waals surface area (Å²) in [5.74, 6) is -1.13. The van der Waals surface area contributed by atoms with E-state index in [4.69, 9.17) is 15.5 Å². The molecule has 0 spiro atoms. The molecule has 2 aromatic heterocycles. The lowest BCUT2D eigenvalue weighted by Crippen LogP contribution is -2.42. The summed E-state index contributed by atoms with van der Waals surface area (Å²) in [4.78, 5) is 42.9. The number of aromatic nitrogens is 1. The fraction of sp³-hybridized carbons (Fsp3) is 0.333. The van der Waals surface area contributed by atoms with Gasteiger partial charge in [-0.3, -0.25) is 10.1 Å². The molecule has 0 fully saturated rings. The number of ether oxygens (including phenoxy) is 1. The number of carbonyl (C=O) groups excluding carboxylic acids is 3. The smallest absolute Gasteiger partial charge is 0.339 e. The van der Waals surface area contributed by atoms with E-state index >= 15 is 0 Å². The molecule has 3 N–H and O–H groups in total. The lowest BCUT2D eigenvalue weighted by molar-refractivity contribution is -0.127. The molecule has 0 radical (unpaired) electrons. The first-order valence-corrected chi connectivity index (χ1v) is 12.4. The number of thiophene rings is 1. The standard InChI is InChI=1S/C27H29N3O4S/c1-15(24(31)30-26(28)33)34-25(32)22-19-9-5-6-10-21(19)29-23-16(13-18-8-7-11-35-18)12-17(14-20(22)23)27(2,3)4/h5-11,13,15,17H,12,14H2,1-4H3,(H3,28,30,31,33)/b16-13+/t15-,17+/m0/s1. The second kappa shape index (κ2) is 9.62. The van der Waals surface area contributed by atoms with Gasteiger partial charge >= 0.3 is 12.0 Å². The van der Waals surface area contributed by atoms with Crippen LogP contribution in [0.25, 0.3) is 22.6 Å². The maximum absolute atomic E-state index is 13.5. The van der Waals surface area contributed by atoms with Gasteiger partial charge in [-0.15, -0.1) is 11.3 Å². The van der Waals surface area contributed by atoms with Crippen LogP contribution in [-0.2, 0) is 16.0 Å². The third-order valence-corrected chi connectivity index (χ3v) is 7.22. The molecule has 2 heterocycles. The summed E-state index contributed by atoms with van der Waals surface area (Å²) in [5, 5.41) is 4.66. The number of fused-ring (bicyclic) bond motifs is 2. The van der Waals surface area contributed by atoms with Crippen LogP contribution in [0.3, 0.4) is 0 Å². The van der Waals surface area contributed by atoms with E-state index in [0.29, 0.717) is 22.9 Å². The number of pyridine rings is 1. The summed E-state index contributed by atoms with van der Waals surface area (Å²) in [5.41, 5.74) is 8.82. The van der Waals surface area contributed by atoms with Crippen molar-refractivity contribution < 1.29 is 19.1 Å². The first-order chi connectivity index (χ1) is 16.5. The minimum atomic E-state index is -1.19. The van der Waals surface area contributed by atoms with Gasteiger partial charge in [-0.05, 0) is 65.8 Å². The minimum Gasteiger partial charge on any atom is -0.449 e. The molecule has 2 atom stereocenters. The van der Waals surface area contributed by atoms with Crippen LogP contribution in [0.1, 0.15) is 60.6 Å². The molecule has 0 unspecified atom stereocenters. The number of allylic oxidation sites excluding steroid dienone is 1. The van der Waals surface area contributed by atoms with Crippen molar-refractivity contribution in [2.45, 2.75) is 46.6 Å². The van der Waals surface area contributed by atoms with E-state index in [-0.39, 0.29) is 11.3 Å². The Morgan fingerprint density at radius 2 is 1.91 bits per heavy atom. The molecule has 1 aliphatic rings. The van der Waals surface area contributed by atoms with E-state index in [1.807, 2.05) is 41.0 Å². The van der Waals surface area contributed by atoms with Crippen LogP contribution in [-0.4, -0.2) is 29.0 Å². The number of hydrogen-bond acceptors (Lipinski definition) is 6. The highest BCUT2D eigenvalue weighted by Crippen LogP contribution is 2.45. The first-order valence-electron chi connectivity index (χ1n) is 11.5. The molecule has 1 aliphatic carbocycles. The van der Waals surface area contributed by atoms with E-state index in [0.717, 1.165) is 28.1 Å². The number of nitrogens with one attached hydrogen (secondary N) is 1. The van der Waals surface area contributed by atoms with Crippen LogP contribution in [0.15, 0.2) is 41.8 Å². The van der Waals surface area contributed by atoms with Crippen molar-refractivity contribution in [2.75, 3.05) is 0 Å². The van der Waals surface area contributed by atoms with Gasteiger partial charge in [0, 0.05) is 10.3 Å². The number of para-hydroxylation sites is 1. The van der Waals surface area contributed by atoms with Gasteiger partial charge in [0.05, 0.1) is 16.8 Å². The number of carbonyl (C=O) groups is 3. The molecule has 0 aliphatic heterocycles. The number of imide groups is 1. The van der Waals surface area contributed by atoms with Gasteiger partial charge < -0.3 is 10.5 Å². The van der Waals surface area contributed by atoms with Gasteiger partial charge in [0.1, 0.15) is 0 Å². The van der Waals surface area contributed by atoms with Gasteiger partial charge in [-0.25, -0.2) is 14.6 Å². The number of amides is 3. The van der Waals surface area contributed by atoms with Crippen molar-refractivity contribution in [2.24, 2.45) is 17.1 Å². The Bertz CT molecular complexity index is 1320. The topological polar surface area (TPSA) is 111 Å². The zero-order valence-electron chi connectivity index (χ0n) is 20.3. The average molecular weight is 492 g/mol. The maximum Gasteiger partial charge on any atom is 0.339 e. The van der Waals surface area contributed by atoms with Crippen molar-refractivity contribution in [1.82, 2.24) is 10.3 Å². The van der Waals surface area contributed by atoms with E-state index in [2.05, 4.69) is 32.9 Å². The first kappa shape index (κ1) is 24.6. The van der Waals surface area contributed by atoms with Gasteiger partial charge in [-0.1, -0.05) is 45.0 Å². The fourth-order valence-electron chi connectivity index (χ4n) is 4.41. The third-order valence-electron chi connectivity index (χ3n) is 6.40. The normalized spacial score (nSPS) is 17.6. The number of nitrogens with two attached hydrogens (primary N) is 1. The van der Waals surface area contributed by atoms with Crippen molar-refractivity contribution >= 4 is 51.8 Å². The molecular weight excluding hydrogens is 462 g/mol. The highest BCUT2D eigenvalue weighted by atomic mass is 32.1. The van der Waals surface area contributed by atoms with Crippen LogP contribution in [0.2, 0.25) is 0 Å². The van der Waals surface area contributed by atoms with E-state index < -0.39 is 24.0 Å². The molecule has 0 bridgehead atoms. The van der Waals surface area contributed by atoms with Crippen molar-refractivity contribution in [3.63, 3.8) is 0 Å². The molecule has 1 aromatic carbocycles. The largest absolute Gasteiger partial charge is 0.449 e. The number of benzene rings is 1. The van der Waals surface area contributed by atoms with E-state index in [9.17, 15) is 14.4 Å². The van der Waals surface area contributed by atoms with E-state index in [1.54, 1.807) is 11.3 Å². The summed E-state index contributed by atoms with van der Waals surface area (Å²) in [6.07, 6.45) is 2.46. The third kappa shape index (κ3) is 5.27. The molecule has 3 aromatic rings. The molecule has 8 heteroatoms. The predicted molar refractivity (Wildman–Crippen MR) is 138 cm³/mol. The lowest BCUT2D eigenvalue weighted by atomic mass is 9.69. The quantitative estimate of drug-likeness (QED) is 0.488. The zero-order chi connectivity index (χ0) is 25.3.